The molecule has 0 aliphatic rings. The molecule has 29 heavy (non-hydrogen) atoms. The highest BCUT2D eigenvalue weighted by Crippen LogP contribution is 2.21. The number of anilines is 1. The van der Waals surface area contributed by atoms with E-state index in [2.05, 4.69) is 21.9 Å². The Kier molecular flexibility index (Phi) is 4.99. The summed E-state index contributed by atoms with van der Waals surface area (Å²) in [6, 6.07) is 18.6. The van der Waals surface area contributed by atoms with Gasteiger partial charge in [-0.1, -0.05) is 25.1 Å². The number of para-hydroxylation sites is 1. The predicted molar refractivity (Wildman–Crippen MR) is 115 cm³/mol. The maximum absolute atomic E-state index is 12.8. The molecule has 6 nitrogen and oxygen atoms in total. The largest absolute Gasteiger partial charge is 0.347 e. The standard InChI is InChI=1S/C23H22N4O2/c1-3-12-26-13-11-17-15-18(9-10-20(17)26)24-23(29)22-21(28)14-16(2)27(25-22)19-7-5-4-6-8-19/h4-11,13-15H,3,12H2,1-2H3,(H,24,29). The minimum atomic E-state index is -0.521. The van der Waals surface area contributed by atoms with Crippen LogP contribution < -0.4 is 10.7 Å². The van der Waals surface area contributed by atoms with Gasteiger partial charge in [-0.15, -0.1) is 0 Å². The van der Waals surface area contributed by atoms with E-state index in [0.717, 1.165) is 29.6 Å². The zero-order chi connectivity index (χ0) is 20.4. The molecule has 6 heteroatoms. The smallest absolute Gasteiger partial charge is 0.280 e. The number of rotatable bonds is 5. The second kappa shape index (κ2) is 7.75. The molecule has 0 spiro atoms. The Labute approximate surface area is 168 Å². The molecule has 0 aliphatic carbocycles. The van der Waals surface area contributed by atoms with Crippen LogP contribution in [0, 0.1) is 6.92 Å². The highest BCUT2D eigenvalue weighted by molar-refractivity contribution is 6.03. The van der Waals surface area contributed by atoms with E-state index in [1.54, 1.807) is 11.6 Å². The van der Waals surface area contributed by atoms with Crippen LogP contribution in [0.15, 0.2) is 71.7 Å². The fourth-order valence-corrected chi connectivity index (χ4v) is 3.44. The van der Waals surface area contributed by atoms with E-state index < -0.39 is 11.3 Å². The van der Waals surface area contributed by atoms with Gasteiger partial charge in [0.05, 0.1) is 5.69 Å². The van der Waals surface area contributed by atoms with Crippen LogP contribution in [0.3, 0.4) is 0 Å². The van der Waals surface area contributed by atoms with Crippen LogP contribution in [-0.4, -0.2) is 20.3 Å². The van der Waals surface area contributed by atoms with Crippen LogP contribution in [0.25, 0.3) is 16.6 Å². The summed E-state index contributed by atoms with van der Waals surface area (Å²) in [5, 5.41) is 8.16. The lowest BCUT2D eigenvalue weighted by atomic mass is 10.2. The molecular weight excluding hydrogens is 364 g/mol. The van der Waals surface area contributed by atoms with Gasteiger partial charge in [-0.3, -0.25) is 9.59 Å². The van der Waals surface area contributed by atoms with Gasteiger partial charge in [-0.2, -0.15) is 5.10 Å². The van der Waals surface area contributed by atoms with Crippen LogP contribution >= 0.6 is 0 Å². The van der Waals surface area contributed by atoms with Crippen molar-refractivity contribution < 1.29 is 4.79 Å². The molecule has 0 atom stereocenters. The summed E-state index contributed by atoms with van der Waals surface area (Å²) in [4.78, 5) is 25.2. The van der Waals surface area contributed by atoms with E-state index >= 15 is 0 Å². The summed E-state index contributed by atoms with van der Waals surface area (Å²) in [7, 11) is 0. The third-order valence-corrected chi connectivity index (χ3v) is 4.82. The average molecular weight is 386 g/mol. The summed E-state index contributed by atoms with van der Waals surface area (Å²) in [6.45, 7) is 4.87. The molecule has 0 fully saturated rings. The van der Waals surface area contributed by atoms with Crippen molar-refractivity contribution in [1.82, 2.24) is 14.3 Å². The minimum absolute atomic E-state index is 0.136. The van der Waals surface area contributed by atoms with Gasteiger partial charge in [0.25, 0.3) is 5.91 Å². The zero-order valence-electron chi connectivity index (χ0n) is 16.4. The van der Waals surface area contributed by atoms with Crippen molar-refractivity contribution in [1.29, 1.82) is 0 Å². The first kappa shape index (κ1) is 18.7. The van der Waals surface area contributed by atoms with Gasteiger partial charge in [0.1, 0.15) is 0 Å². The van der Waals surface area contributed by atoms with Crippen molar-refractivity contribution in [3.8, 4) is 5.69 Å². The number of carbonyl (C=O) groups excluding carboxylic acids is 1. The molecule has 146 valence electrons. The number of hydrogen-bond acceptors (Lipinski definition) is 3. The minimum Gasteiger partial charge on any atom is -0.347 e. The highest BCUT2D eigenvalue weighted by Gasteiger charge is 2.16. The lowest BCUT2D eigenvalue weighted by Gasteiger charge is -2.11. The van der Waals surface area contributed by atoms with E-state index in [1.165, 1.54) is 6.07 Å². The molecule has 4 rings (SSSR count). The Bertz CT molecular complexity index is 1240. The molecule has 2 aromatic carbocycles. The van der Waals surface area contributed by atoms with Crippen LogP contribution in [0.2, 0.25) is 0 Å². The Morgan fingerprint density at radius 1 is 1.07 bits per heavy atom. The molecule has 2 aromatic heterocycles. The van der Waals surface area contributed by atoms with Crippen molar-refractivity contribution in [3.63, 3.8) is 0 Å². The van der Waals surface area contributed by atoms with Gasteiger partial charge in [0.2, 0.25) is 5.43 Å². The molecule has 1 amide bonds. The lowest BCUT2D eigenvalue weighted by Crippen LogP contribution is -2.26. The number of aryl methyl sites for hydroxylation is 2. The normalized spacial score (nSPS) is 11.0. The Balaban J connectivity index is 1.65. The lowest BCUT2D eigenvalue weighted by molar-refractivity contribution is 0.101. The number of benzene rings is 2. The molecule has 2 heterocycles. The number of hydrogen-bond donors (Lipinski definition) is 1. The topological polar surface area (TPSA) is 68.9 Å². The van der Waals surface area contributed by atoms with Gasteiger partial charge in [-0.05, 0) is 49.7 Å². The summed E-state index contributed by atoms with van der Waals surface area (Å²) < 4.78 is 3.78. The first-order chi connectivity index (χ1) is 14.1. The van der Waals surface area contributed by atoms with E-state index in [1.807, 2.05) is 60.8 Å². The average Bonchev–Trinajstić information content (AvgIpc) is 3.11. The van der Waals surface area contributed by atoms with Crippen LogP contribution in [0.1, 0.15) is 29.5 Å². The number of nitrogens with one attached hydrogen (secondary N) is 1. The first-order valence-corrected chi connectivity index (χ1v) is 9.63. The number of amides is 1. The van der Waals surface area contributed by atoms with Gasteiger partial charge >= 0.3 is 0 Å². The molecular formula is C23H22N4O2. The van der Waals surface area contributed by atoms with Crippen molar-refractivity contribution >= 4 is 22.5 Å². The quantitative estimate of drug-likeness (QED) is 0.560. The van der Waals surface area contributed by atoms with E-state index in [-0.39, 0.29) is 5.69 Å². The maximum atomic E-state index is 12.8. The SMILES string of the molecule is CCCn1ccc2cc(NC(=O)c3nn(-c4ccccc4)c(C)cc3=O)ccc21. The van der Waals surface area contributed by atoms with Crippen molar-refractivity contribution in [2.45, 2.75) is 26.8 Å². The van der Waals surface area contributed by atoms with Crippen molar-refractivity contribution in [2.75, 3.05) is 5.32 Å². The molecule has 0 unspecified atom stereocenters. The van der Waals surface area contributed by atoms with Crippen LogP contribution in [0.5, 0.6) is 0 Å². The summed E-state index contributed by atoms with van der Waals surface area (Å²) in [5.41, 5.74) is 2.66. The number of aromatic nitrogens is 3. The molecule has 4 aromatic rings. The zero-order valence-corrected chi connectivity index (χ0v) is 16.4. The Morgan fingerprint density at radius 3 is 2.62 bits per heavy atom. The second-order valence-electron chi connectivity index (χ2n) is 6.98. The molecule has 1 N–H and O–H groups in total. The van der Waals surface area contributed by atoms with E-state index in [9.17, 15) is 9.59 Å². The van der Waals surface area contributed by atoms with Crippen molar-refractivity contribution in [3.05, 3.63) is 88.5 Å². The number of fused-ring (bicyclic) bond motifs is 1. The third kappa shape index (κ3) is 3.69. The summed E-state index contributed by atoms with van der Waals surface area (Å²) in [6.07, 6.45) is 3.09. The molecule has 0 radical (unpaired) electrons. The molecule has 0 bridgehead atoms. The summed E-state index contributed by atoms with van der Waals surface area (Å²) >= 11 is 0. The fraction of sp³-hybridized carbons (Fsp3) is 0.174. The molecule has 0 saturated heterocycles. The fourth-order valence-electron chi connectivity index (χ4n) is 3.44. The van der Waals surface area contributed by atoms with E-state index in [0.29, 0.717) is 11.4 Å². The first-order valence-electron chi connectivity index (χ1n) is 9.63. The van der Waals surface area contributed by atoms with Crippen LogP contribution in [0.4, 0.5) is 5.69 Å². The maximum Gasteiger partial charge on any atom is 0.280 e. The Morgan fingerprint density at radius 2 is 1.86 bits per heavy atom. The Hall–Kier alpha value is -3.67. The summed E-state index contributed by atoms with van der Waals surface area (Å²) in [5.74, 6) is -0.521. The molecule has 0 aliphatic heterocycles. The van der Waals surface area contributed by atoms with Gasteiger partial charge in [0, 0.05) is 41.1 Å². The highest BCUT2D eigenvalue weighted by atomic mass is 16.2. The monoisotopic (exact) mass is 386 g/mol. The van der Waals surface area contributed by atoms with Crippen LogP contribution in [-0.2, 0) is 6.54 Å². The van der Waals surface area contributed by atoms with Gasteiger partial charge < -0.3 is 9.88 Å². The predicted octanol–water partition coefficient (Wildman–Crippen LogP) is 4.16. The number of carbonyl (C=O) groups is 1. The van der Waals surface area contributed by atoms with Gasteiger partial charge in [-0.25, -0.2) is 4.68 Å². The molecule has 0 saturated carbocycles. The van der Waals surface area contributed by atoms with Crippen molar-refractivity contribution in [2.24, 2.45) is 0 Å². The van der Waals surface area contributed by atoms with E-state index in [4.69, 9.17) is 0 Å². The third-order valence-electron chi connectivity index (χ3n) is 4.82. The second-order valence-corrected chi connectivity index (χ2v) is 6.98. The number of nitrogens with zero attached hydrogens (tertiary/aromatic N) is 3. The van der Waals surface area contributed by atoms with Gasteiger partial charge in [0.15, 0.2) is 5.69 Å².